The van der Waals surface area contributed by atoms with Crippen LogP contribution in [0.4, 0.5) is 0 Å². The van der Waals surface area contributed by atoms with Gasteiger partial charge in [-0.1, -0.05) is 0 Å². The maximum Gasteiger partial charge on any atom is 1.00 e. The number of aliphatic carboxylic acids is 6. The third-order valence-electron chi connectivity index (χ3n) is 3.81. The SMILES string of the molecule is O=C([O-])C1C(C(=O)[O-])C(C(=O)[O-])C(C(=O)[O-])(C(=O)[O-])C1C(=O)[O-].[K+].[K+].[K+].[K+].[K+].[K+]. The third kappa shape index (κ3) is 10.7. The Morgan fingerprint density at radius 1 is 0.448 bits per heavy atom. The first kappa shape index (κ1) is 48.7. The molecule has 126 valence electrons. The zero-order valence-electron chi connectivity index (χ0n) is 16.7. The molecule has 0 aromatic heterocycles. The van der Waals surface area contributed by atoms with Gasteiger partial charge in [-0.15, -0.1) is 0 Å². The number of carbonyl (C=O) groups is 6. The first-order chi connectivity index (χ1) is 10.4. The Kier molecular flexibility index (Phi) is 36.2. The van der Waals surface area contributed by atoms with Crippen molar-refractivity contribution in [3.8, 4) is 0 Å². The Labute approximate surface area is 419 Å². The molecule has 18 heteroatoms. The van der Waals surface area contributed by atoms with E-state index in [-0.39, 0.29) is 308 Å². The molecule has 0 spiro atoms. The molecule has 1 rings (SSSR count). The summed E-state index contributed by atoms with van der Waals surface area (Å²) in [7, 11) is 0. The summed E-state index contributed by atoms with van der Waals surface area (Å²) in [6.45, 7) is 0. The van der Waals surface area contributed by atoms with Crippen LogP contribution in [0.3, 0.4) is 0 Å². The summed E-state index contributed by atoms with van der Waals surface area (Å²) < 4.78 is 0. The number of rotatable bonds is 6. The predicted octanol–water partition coefficient (Wildman–Crippen LogP) is -28.0. The summed E-state index contributed by atoms with van der Waals surface area (Å²) >= 11 is 0. The molecule has 1 saturated carbocycles. The molecule has 4 unspecified atom stereocenters. The Morgan fingerprint density at radius 3 is 0.759 bits per heavy atom. The van der Waals surface area contributed by atoms with Gasteiger partial charge in [0.15, 0.2) is 0 Å². The second kappa shape index (κ2) is 21.6. The Hall–Kier alpha value is 6.64. The van der Waals surface area contributed by atoms with Crippen molar-refractivity contribution in [3.05, 3.63) is 0 Å². The minimum absolute atomic E-state index is 0. The van der Waals surface area contributed by atoms with Crippen LogP contribution >= 0.6 is 0 Å². The van der Waals surface area contributed by atoms with Crippen LogP contribution < -0.4 is 339 Å². The number of carbonyl (C=O) groups excluding carboxylic acids is 6. The zero-order chi connectivity index (χ0) is 18.3. The fourth-order valence-electron chi connectivity index (χ4n) is 3.00. The third-order valence-corrected chi connectivity index (χ3v) is 3.81. The van der Waals surface area contributed by atoms with Crippen molar-refractivity contribution in [2.75, 3.05) is 0 Å². The monoisotopic (exact) mass is 562 g/mol. The molecule has 12 nitrogen and oxygen atoms in total. The maximum absolute atomic E-state index is 11.2. The molecule has 4 atom stereocenters. The van der Waals surface area contributed by atoms with Gasteiger partial charge in [-0.2, -0.15) is 0 Å². The van der Waals surface area contributed by atoms with E-state index >= 15 is 0 Å². The summed E-state index contributed by atoms with van der Waals surface area (Å²) in [5, 5.41) is 66.5. The molecule has 29 heavy (non-hydrogen) atoms. The average Bonchev–Trinajstić information content (AvgIpc) is 2.71. The van der Waals surface area contributed by atoms with Gasteiger partial charge >= 0.3 is 308 Å². The number of hydrogen-bond donors (Lipinski definition) is 0. The molecule has 0 bridgehead atoms. The van der Waals surface area contributed by atoms with Gasteiger partial charge in [0.2, 0.25) is 0 Å². The maximum atomic E-state index is 11.2. The summed E-state index contributed by atoms with van der Waals surface area (Å²) in [6.07, 6.45) is 0. The summed E-state index contributed by atoms with van der Waals surface area (Å²) in [4.78, 5) is 66.5. The second-order valence-corrected chi connectivity index (χ2v) is 4.73. The van der Waals surface area contributed by atoms with E-state index in [0.717, 1.165) is 0 Å². The van der Waals surface area contributed by atoms with E-state index in [4.69, 9.17) is 0 Å². The van der Waals surface area contributed by atoms with Crippen LogP contribution in [-0.4, -0.2) is 35.8 Å². The number of carboxylic acid groups (broad SMARTS) is 6. The second-order valence-electron chi connectivity index (χ2n) is 4.73. The molecule has 0 N–H and O–H groups in total. The van der Waals surface area contributed by atoms with Gasteiger partial charge in [-0.25, -0.2) is 0 Å². The van der Waals surface area contributed by atoms with Crippen molar-refractivity contribution >= 4 is 35.8 Å². The molecule has 0 aromatic carbocycles. The number of carboxylic acids is 6. The topological polar surface area (TPSA) is 241 Å². The van der Waals surface area contributed by atoms with Crippen molar-refractivity contribution in [3.63, 3.8) is 0 Å². The minimum Gasteiger partial charge on any atom is -0.550 e. The molecule has 0 heterocycles. The van der Waals surface area contributed by atoms with Crippen molar-refractivity contribution in [1.29, 1.82) is 0 Å². The molecule has 0 radical (unpaired) electrons. The van der Waals surface area contributed by atoms with Crippen LogP contribution in [0.5, 0.6) is 0 Å². The van der Waals surface area contributed by atoms with E-state index in [1.807, 2.05) is 0 Å². The van der Waals surface area contributed by atoms with Crippen LogP contribution in [0.2, 0.25) is 0 Å². The summed E-state index contributed by atoms with van der Waals surface area (Å²) in [6, 6.07) is 0. The van der Waals surface area contributed by atoms with Gasteiger partial charge in [0.25, 0.3) is 0 Å². The fourth-order valence-corrected chi connectivity index (χ4v) is 3.00. The van der Waals surface area contributed by atoms with Gasteiger partial charge in [0, 0.05) is 47.5 Å². The predicted molar refractivity (Wildman–Crippen MR) is 46.4 cm³/mol. The van der Waals surface area contributed by atoms with E-state index in [1.165, 1.54) is 0 Å². The van der Waals surface area contributed by atoms with Crippen LogP contribution in [0, 0.1) is 29.1 Å². The molecule has 0 aromatic rings. The van der Waals surface area contributed by atoms with E-state index in [1.54, 1.807) is 0 Å². The van der Waals surface area contributed by atoms with E-state index < -0.39 is 64.9 Å². The fraction of sp³-hybridized carbons (Fsp3) is 0.455. The first-order valence-corrected chi connectivity index (χ1v) is 5.68. The van der Waals surface area contributed by atoms with Crippen LogP contribution in [0.15, 0.2) is 0 Å². The molecule has 1 aliphatic carbocycles. The van der Waals surface area contributed by atoms with Crippen molar-refractivity contribution in [2.45, 2.75) is 0 Å². The molecule has 1 aliphatic rings. The van der Waals surface area contributed by atoms with Crippen LogP contribution in [0.1, 0.15) is 0 Å². The van der Waals surface area contributed by atoms with Crippen molar-refractivity contribution in [1.82, 2.24) is 0 Å². The van der Waals surface area contributed by atoms with Crippen molar-refractivity contribution in [2.24, 2.45) is 29.1 Å². The first-order valence-electron chi connectivity index (χ1n) is 5.68. The average molecular weight is 563 g/mol. The van der Waals surface area contributed by atoms with Gasteiger partial charge in [0.1, 0.15) is 0 Å². The summed E-state index contributed by atoms with van der Waals surface area (Å²) in [5.74, 6) is -28.4. The van der Waals surface area contributed by atoms with Gasteiger partial charge in [0.05, 0.1) is 17.4 Å². The van der Waals surface area contributed by atoms with E-state index in [0.29, 0.717) is 0 Å². The smallest absolute Gasteiger partial charge is 0.550 e. The molecular formula is C11H4K6O12. The molecule has 0 saturated heterocycles. The molecular weight excluding hydrogens is 559 g/mol. The van der Waals surface area contributed by atoms with E-state index in [9.17, 15) is 59.4 Å². The minimum atomic E-state index is -4.08. The van der Waals surface area contributed by atoms with Crippen LogP contribution in [-0.2, 0) is 28.8 Å². The standard InChI is InChI=1S/C11H10O12.6K/c12-5(13)1-2(6(14)15)4(8(18)19)11(9(20)21,10(22)23)3(1)7(16)17;;;;;;/h1-4H,(H,12,13)(H,14,15)(H,16,17)(H,18,19)(H,20,21)(H,22,23);;;;;;/q;6*+1/p-6. The summed E-state index contributed by atoms with van der Waals surface area (Å²) in [5.41, 5.74) is -4.08. The van der Waals surface area contributed by atoms with Crippen LogP contribution in [0.25, 0.3) is 0 Å². The largest absolute Gasteiger partial charge is 1.00 e. The van der Waals surface area contributed by atoms with Crippen molar-refractivity contribution < 1.29 is 368 Å². The Bertz CT molecular complexity index is 586. The van der Waals surface area contributed by atoms with Gasteiger partial charge < -0.3 is 59.4 Å². The molecule has 0 aliphatic heterocycles. The zero-order valence-corrected chi connectivity index (χ0v) is 35.4. The quantitative estimate of drug-likeness (QED) is 0.216. The Morgan fingerprint density at radius 2 is 0.655 bits per heavy atom. The molecule has 1 fully saturated rings. The Balaban J connectivity index is -0.000000220. The molecule has 0 amide bonds. The normalized spacial score (nSPS) is 22.8. The van der Waals surface area contributed by atoms with Gasteiger partial charge in [-0.3, -0.25) is 0 Å². The van der Waals surface area contributed by atoms with E-state index in [2.05, 4.69) is 0 Å². The van der Waals surface area contributed by atoms with Gasteiger partial charge in [-0.05, 0) is 0 Å². The number of hydrogen-bond acceptors (Lipinski definition) is 12.